The number of urea groups is 1. The summed E-state index contributed by atoms with van der Waals surface area (Å²) >= 11 is 7.58. The molecule has 0 unspecified atom stereocenters. The number of hydrogen-bond acceptors (Lipinski definition) is 3. The molecule has 0 aliphatic carbocycles. The first-order valence-corrected chi connectivity index (χ1v) is 11.1. The molecule has 1 N–H and O–H groups in total. The normalized spacial score (nSPS) is 16.0. The van der Waals surface area contributed by atoms with Crippen LogP contribution in [-0.2, 0) is 6.42 Å². The quantitative estimate of drug-likeness (QED) is 0.577. The molecule has 6 heteroatoms. The number of benzene rings is 2. The van der Waals surface area contributed by atoms with E-state index in [0.29, 0.717) is 10.7 Å². The van der Waals surface area contributed by atoms with Gasteiger partial charge in [-0.05, 0) is 61.2 Å². The van der Waals surface area contributed by atoms with Crippen LogP contribution in [-0.4, -0.2) is 23.0 Å². The molecule has 0 fully saturated rings. The number of carbonyl (C=O) groups is 1. The average molecular weight is 416 g/mol. The summed E-state index contributed by atoms with van der Waals surface area (Å²) in [5.41, 5.74) is 2.82. The molecule has 1 heterocycles. The number of nitrogens with zero attached hydrogens (tertiary/aromatic N) is 2. The van der Waals surface area contributed by atoms with Crippen molar-refractivity contribution in [3.8, 4) is 0 Å². The smallest absolute Gasteiger partial charge is 0.307 e. The lowest BCUT2D eigenvalue weighted by Crippen LogP contribution is -2.38. The van der Waals surface area contributed by atoms with Crippen LogP contribution in [0.25, 0.3) is 0 Å². The maximum absolute atomic E-state index is 13.1. The molecule has 1 aliphatic heterocycles. The Hall–Kier alpha value is -1.98. The Morgan fingerprint density at radius 2 is 1.89 bits per heavy atom. The van der Waals surface area contributed by atoms with Gasteiger partial charge in [0.2, 0.25) is 0 Å². The Bertz CT molecular complexity index is 821. The Kier molecular flexibility index (Phi) is 7.40. The number of nitrogens with one attached hydrogen (secondary N) is 1. The van der Waals surface area contributed by atoms with Gasteiger partial charge in [0.25, 0.3) is 0 Å². The minimum absolute atomic E-state index is 0.216. The third-order valence-electron chi connectivity index (χ3n) is 4.67. The molecule has 0 saturated carbocycles. The fourth-order valence-electron chi connectivity index (χ4n) is 2.95. The van der Waals surface area contributed by atoms with Crippen LogP contribution in [0.5, 0.6) is 0 Å². The summed E-state index contributed by atoms with van der Waals surface area (Å²) in [6.07, 6.45) is 4.37. The molecule has 2 aromatic rings. The molecule has 4 nitrogen and oxygen atoms in total. The fraction of sp³-hybridized carbons (Fsp3) is 0.364. The van der Waals surface area contributed by atoms with E-state index in [-0.39, 0.29) is 12.1 Å². The van der Waals surface area contributed by atoms with Crippen LogP contribution in [0.15, 0.2) is 53.5 Å². The lowest BCUT2D eigenvalue weighted by Gasteiger charge is -2.23. The van der Waals surface area contributed by atoms with E-state index in [1.165, 1.54) is 18.4 Å². The summed E-state index contributed by atoms with van der Waals surface area (Å²) in [4.78, 5) is 19.6. The molecular formula is C22H26ClN3OS. The molecule has 0 spiro atoms. The number of aryl methyl sites for hydroxylation is 1. The number of aliphatic imine (C=N–C) groups is 1. The van der Waals surface area contributed by atoms with Gasteiger partial charge in [-0.2, -0.15) is 0 Å². The number of unbranched alkanes of at least 4 members (excludes halogenated alkanes) is 1. The van der Waals surface area contributed by atoms with Gasteiger partial charge in [-0.15, -0.1) is 0 Å². The number of halogens is 1. The summed E-state index contributed by atoms with van der Waals surface area (Å²) in [6, 6.07) is 15.4. The van der Waals surface area contributed by atoms with Crippen molar-refractivity contribution >= 4 is 45.9 Å². The van der Waals surface area contributed by atoms with E-state index in [2.05, 4.69) is 31.3 Å². The van der Waals surface area contributed by atoms with Crippen molar-refractivity contribution in [1.29, 1.82) is 0 Å². The Labute approximate surface area is 176 Å². The summed E-state index contributed by atoms with van der Waals surface area (Å²) in [5.74, 6) is 0.908. The predicted molar refractivity (Wildman–Crippen MR) is 122 cm³/mol. The maximum Gasteiger partial charge on any atom is 0.332 e. The Morgan fingerprint density at radius 3 is 2.50 bits per heavy atom. The lowest BCUT2D eigenvalue weighted by molar-refractivity contribution is 0.259. The van der Waals surface area contributed by atoms with Crippen molar-refractivity contribution in [2.24, 2.45) is 4.99 Å². The van der Waals surface area contributed by atoms with E-state index in [4.69, 9.17) is 16.6 Å². The summed E-state index contributed by atoms with van der Waals surface area (Å²) in [5, 5.41) is 4.35. The third kappa shape index (κ3) is 5.30. The highest BCUT2D eigenvalue weighted by Crippen LogP contribution is 2.28. The van der Waals surface area contributed by atoms with E-state index in [0.717, 1.165) is 29.4 Å². The molecule has 0 bridgehead atoms. The van der Waals surface area contributed by atoms with Gasteiger partial charge in [-0.1, -0.05) is 55.8 Å². The van der Waals surface area contributed by atoms with Gasteiger partial charge in [0.1, 0.15) is 0 Å². The van der Waals surface area contributed by atoms with Gasteiger partial charge < -0.3 is 5.32 Å². The van der Waals surface area contributed by atoms with E-state index >= 15 is 0 Å². The zero-order valence-corrected chi connectivity index (χ0v) is 17.9. The second-order valence-electron chi connectivity index (χ2n) is 6.83. The monoisotopic (exact) mass is 415 g/mol. The molecule has 148 valence electrons. The minimum Gasteiger partial charge on any atom is -0.307 e. The number of anilines is 2. The van der Waals surface area contributed by atoms with Gasteiger partial charge >= 0.3 is 6.03 Å². The van der Waals surface area contributed by atoms with Crippen molar-refractivity contribution in [2.45, 2.75) is 45.6 Å². The van der Waals surface area contributed by atoms with Crippen LogP contribution in [0.4, 0.5) is 16.2 Å². The Morgan fingerprint density at radius 1 is 1.18 bits per heavy atom. The molecule has 3 rings (SSSR count). The summed E-state index contributed by atoms with van der Waals surface area (Å²) < 4.78 is 0. The topological polar surface area (TPSA) is 44.7 Å². The highest BCUT2D eigenvalue weighted by Gasteiger charge is 2.27. The lowest BCUT2D eigenvalue weighted by atomic mass is 10.1. The molecule has 28 heavy (non-hydrogen) atoms. The van der Waals surface area contributed by atoms with Crippen molar-refractivity contribution in [3.63, 3.8) is 0 Å². The second-order valence-corrected chi connectivity index (χ2v) is 8.25. The van der Waals surface area contributed by atoms with Crippen molar-refractivity contribution in [2.75, 3.05) is 16.0 Å². The van der Waals surface area contributed by atoms with Gasteiger partial charge in [0.15, 0.2) is 5.17 Å². The zero-order valence-electron chi connectivity index (χ0n) is 16.3. The molecule has 0 saturated heterocycles. The van der Waals surface area contributed by atoms with Crippen molar-refractivity contribution < 1.29 is 4.79 Å². The Balaban J connectivity index is 1.84. The van der Waals surface area contributed by atoms with Crippen LogP contribution in [0.3, 0.4) is 0 Å². The van der Waals surface area contributed by atoms with E-state index < -0.39 is 0 Å². The molecule has 2 aromatic carbocycles. The van der Waals surface area contributed by atoms with E-state index in [9.17, 15) is 4.79 Å². The third-order valence-corrected chi connectivity index (χ3v) is 6.02. The molecule has 1 atom stereocenters. The maximum atomic E-state index is 13.1. The van der Waals surface area contributed by atoms with Crippen molar-refractivity contribution in [1.82, 2.24) is 0 Å². The number of carbonyl (C=O) groups excluding carboxylic acids is 1. The number of amidine groups is 1. The first kappa shape index (κ1) is 20.7. The second kappa shape index (κ2) is 9.99. The van der Waals surface area contributed by atoms with Crippen LogP contribution in [0, 0.1) is 0 Å². The van der Waals surface area contributed by atoms with Crippen LogP contribution >= 0.6 is 23.4 Å². The highest BCUT2D eigenvalue weighted by atomic mass is 35.5. The number of thioether (sulfide) groups is 1. The number of hydrogen-bond donors (Lipinski definition) is 1. The average Bonchev–Trinajstić information content (AvgIpc) is 3.18. The van der Waals surface area contributed by atoms with Crippen LogP contribution in [0.1, 0.15) is 38.7 Å². The van der Waals surface area contributed by atoms with E-state index in [1.54, 1.807) is 40.9 Å². The molecule has 0 aromatic heterocycles. The molecule has 0 radical (unpaired) electrons. The molecular weight excluding hydrogens is 390 g/mol. The van der Waals surface area contributed by atoms with Gasteiger partial charge in [0.05, 0.1) is 11.7 Å². The zero-order chi connectivity index (χ0) is 19.9. The number of amides is 2. The highest BCUT2D eigenvalue weighted by molar-refractivity contribution is 8.14. The summed E-state index contributed by atoms with van der Waals surface area (Å²) in [7, 11) is 0. The van der Waals surface area contributed by atoms with Gasteiger partial charge in [-0.25, -0.2) is 9.69 Å². The SMILES string of the molecule is CCCCc1ccc(N(C(=O)Nc2ccc(Cl)cc2)C2=N[C@H](CC)CS2)cc1. The van der Waals surface area contributed by atoms with Crippen molar-refractivity contribution in [3.05, 3.63) is 59.1 Å². The largest absolute Gasteiger partial charge is 0.332 e. The fourth-order valence-corrected chi connectivity index (χ4v) is 4.27. The summed E-state index contributed by atoms with van der Waals surface area (Å²) in [6.45, 7) is 4.31. The van der Waals surface area contributed by atoms with Crippen LogP contribution in [0.2, 0.25) is 5.02 Å². The van der Waals surface area contributed by atoms with E-state index in [1.807, 2.05) is 12.1 Å². The van der Waals surface area contributed by atoms with Gasteiger partial charge in [-0.3, -0.25) is 4.99 Å². The first-order chi connectivity index (χ1) is 13.6. The van der Waals surface area contributed by atoms with Crippen LogP contribution < -0.4 is 10.2 Å². The number of rotatable bonds is 6. The molecule has 1 aliphatic rings. The minimum atomic E-state index is -0.216. The standard InChI is InChI=1S/C22H26ClN3OS/c1-3-5-6-16-7-13-20(14-8-16)26(22-25-18(4-2)15-28-22)21(27)24-19-11-9-17(23)10-12-19/h7-14,18H,3-6,15H2,1-2H3,(H,24,27)/t18-/m1/s1. The van der Waals surface area contributed by atoms with Gasteiger partial charge in [0, 0.05) is 16.5 Å². The predicted octanol–water partition coefficient (Wildman–Crippen LogP) is 6.60. The first-order valence-electron chi connectivity index (χ1n) is 9.77. The molecule has 2 amide bonds.